The molecule has 0 amide bonds. The molecule has 0 aliphatic rings. The molecular weight excluding hydrogens is 252 g/mol. The van der Waals surface area contributed by atoms with Gasteiger partial charge in [0, 0.05) is 22.4 Å². The molecule has 3 rings (SSSR count). The summed E-state index contributed by atoms with van der Waals surface area (Å²) in [7, 11) is 0. The zero-order chi connectivity index (χ0) is 14.3. The van der Waals surface area contributed by atoms with E-state index in [0.29, 0.717) is 5.58 Å². The Balaban J connectivity index is 2.44. The SMILES string of the molecule is CC(C)=CCc1c2ccoc2c(C)c2oc(=O)ccc12. The van der Waals surface area contributed by atoms with Gasteiger partial charge < -0.3 is 8.83 Å². The van der Waals surface area contributed by atoms with Crippen LogP contribution in [0.4, 0.5) is 0 Å². The van der Waals surface area contributed by atoms with Gasteiger partial charge in [-0.05, 0) is 44.9 Å². The van der Waals surface area contributed by atoms with E-state index in [0.717, 1.165) is 33.9 Å². The third kappa shape index (κ3) is 1.95. The van der Waals surface area contributed by atoms with Crippen molar-refractivity contribution in [3.05, 3.63) is 57.7 Å². The van der Waals surface area contributed by atoms with E-state index in [4.69, 9.17) is 8.83 Å². The molecule has 2 aromatic heterocycles. The summed E-state index contributed by atoms with van der Waals surface area (Å²) in [4.78, 5) is 11.5. The number of hydrogen-bond acceptors (Lipinski definition) is 3. The largest absolute Gasteiger partial charge is 0.464 e. The number of hydrogen-bond donors (Lipinski definition) is 0. The van der Waals surface area contributed by atoms with Gasteiger partial charge in [-0.3, -0.25) is 0 Å². The summed E-state index contributed by atoms with van der Waals surface area (Å²) in [6.07, 6.45) is 4.64. The number of furan rings is 1. The van der Waals surface area contributed by atoms with E-state index in [9.17, 15) is 4.79 Å². The van der Waals surface area contributed by atoms with E-state index in [1.807, 2.05) is 19.1 Å². The monoisotopic (exact) mass is 268 g/mol. The molecule has 102 valence electrons. The van der Waals surface area contributed by atoms with Crippen LogP contribution in [0.15, 0.2) is 49.7 Å². The van der Waals surface area contributed by atoms with Crippen molar-refractivity contribution < 1.29 is 8.83 Å². The molecule has 3 aromatic rings. The molecule has 1 aromatic carbocycles. The van der Waals surface area contributed by atoms with Crippen LogP contribution in [0.5, 0.6) is 0 Å². The van der Waals surface area contributed by atoms with Crippen molar-refractivity contribution in [3.63, 3.8) is 0 Å². The first kappa shape index (κ1) is 12.7. The predicted molar refractivity (Wildman–Crippen MR) is 80.1 cm³/mol. The highest BCUT2D eigenvalue weighted by molar-refractivity contribution is 6.01. The molecule has 0 N–H and O–H groups in total. The molecule has 2 heterocycles. The van der Waals surface area contributed by atoms with E-state index >= 15 is 0 Å². The molecule has 0 saturated carbocycles. The van der Waals surface area contributed by atoms with Crippen LogP contribution in [0.1, 0.15) is 25.0 Å². The molecular formula is C17H16O3. The normalized spacial score (nSPS) is 11.2. The fraction of sp³-hybridized carbons (Fsp3) is 0.235. The summed E-state index contributed by atoms with van der Waals surface area (Å²) >= 11 is 0. The van der Waals surface area contributed by atoms with E-state index in [1.54, 1.807) is 6.26 Å². The van der Waals surface area contributed by atoms with E-state index in [2.05, 4.69) is 19.9 Å². The van der Waals surface area contributed by atoms with Crippen LogP contribution in [0.25, 0.3) is 21.9 Å². The highest BCUT2D eigenvalue weighted by Crippen LogP contribution is 2.33. The van der Waals surface area contributed by atoms with Crippen molar-refractivity contribution >= 4 is 21.9 Å². The van der Waals surface area contributed by atoms with Crippen LogP contribution in [-0.2, 0) is 6.42 Å². The highest BCUT2D eigenvalue weighted by Gasteiger charge is 2.15. The van der Waals surface area contributed by atoms with E-state index < -0.39 is 0 Å². The fourth-order valence-corrected chi connectivity index (χ4v) is 2.54. The van der Waals surface area contributed by atoms with Crippen LogP contribution in [-0.4, -0.2) is 0 Å². The number of rotatable bonds is 2. The third-order valence-corrected chi connectivity index (χ3v) is 3.54. The second-order valence-electron chi connectivity index (χ2n) is 5.25. The topological polar surface area (TPSA) is 43.4 Å². The molecule has 0 unspecified atom stereocenters. The standard InChI is InChI=1S/C17H16O3/c1-10(2)4-5-12-13-6-7-15(18)20-17(13)11(3)16-14(12)8-9-19-16/h4,6-9H,5H2,1-3H3. The molecule has 0 bridgehead atoms. The van der Waals surface area contributed by atoms with Gasteiger partial charge in [-0.25, -0.2) is 4.79 Å². The van der Waals surface area contributed by atoms with Crippen molar-refractivity contribution in [3.8, 4) is 0 Å². The first-order valence-electron chi connectivity index (χ1n) is 6.64. The molecule has 0 aliphatic carbocycles. The lowest BCUT2D eigenvalue weighted by atomic mass is 9.98. The molecule has 3 heteroatoms. The maximum atomic E-state index is 11.5. The Hall–Kier alpha value is -2.29. The molecule has 0 saturated heterocycles. The predicted octanol–water partition coefficient (Wildman–Crippen LogP) is 4.36. The summed E-state index contributed by atoms with van der Waals surface area (Å²) in [6, 6.07) is 5.29. The van der Waals surface area contributed by atoms with Crippen molar-refractivity contribution in [1.29, 1.82) is 0 Å². The van der Waals surface area contributed by atoms with Gasteiger partial charge in [-0.15, -0.1) is 0 Å². The molecule has 3 nitrogen and oxygen atoms in total. The summed E-state index contributed by atoms with van der Waals surface area (Å²) in [6.45, 7) is 6.06. The Bertz CT molecular complexity index is 874. The van der Waals surface area contributed by atoms with Gasteiger partial charge in [0.25, 0.3) is 0 Å². The summed E-state index contributed by atoms with van der Waals surface area (Å²) in [5.74, 6) is 0. The Labute approximate surface area is 116 Å². The molecule has 0 radical (unpaired) electrons. The third-order valence-electron chi connectivity index (χ3n) is 3.54. The first-order valence-corrected chi connectivity index (χ1v) is 6.64. The van der Waals surface area contributed by atoms with Crippen LogP contribution in [0.2, 0.25) is 0 Å². The Morgan fingerprint density at radius 3 is 2.65 bits per heavy atom. The van der Waals surface area contributed by atoms with Crippen LogP contribution < -0.4 is 5.63 Å². The molecule has 20 heavy (non-hydrogen) atoms. The van der Waals surface area contributed by atoms with Gasteiger partial charge in [0.2, 0.25) is 0 Å². The average molecular weight is 268 g/mol. The highest BCUT2D eigenvalue weighted by atomic mass is 16.4. The summed E-state index contributed by atoms with van der Waals surface area (Å²) in [5.41, 5.74) is 4.35. The van der Waals surface area contributed by atoms with Crippen molar-refractivity contribution in [2.75, 3.05) is 0 Å². The maximum absolute atomic E-state index is 11.5. The van der Waals surface area contributed by atoms with Gasteiger partial charge >= 0.3 is 5.63 Å². The second-order valence-corrected chi connectivity index (χ2v) is 5.25. The Morgan fingerprint density at radius 1 is 1.15 bits per heavy atom. The molecule has 0 fully saturated rings. The summed E-state index contributed by atoms with van der Waals surface area (Å²) in [5, 5.41) is 2.06. The Kier molecular flexibility index (Phi) is 2.97. The lowest BCUT2D eigenvalue weighted by Crippen LogP contribution is -1.98. The molecule has 0 spiro atoms. The Morgan fingerprint density at radius 2 is 1.90 bits per heavy atom. The lowest BCUT2D eigenvalue weighted by molar-refractivity contribution is 0.556. The average Bonchev–Trinajstić information content (AvgIpc) is 2.88. The van der Waals surface area contributed by atoms with Gasteiger partial charge in [-0.2, -0.15) is 0 Å². The van der Waals surface area contributed by atoms with E-state index in [-0.39, 0.29) is 5.63 Å². The van der Waals surface area contributed by atoms with Crippen molar-refractivity contribution in [2.45, 2.75) is 27.2 Å². The molecule has 0 aliphatic heterocycles. The quantitative estimate of drug-likeness (QED) is 0.512. The first-order chi connectivity index (χ1) is 9.58. The van der Waals surface area contributed by atoms with Crippen LogP contribution >= 0.6 is 0 Å². The number of aryl methyl sites for hydroxylation is 1. The van der Waals surface area contributed by atoms with Crippen LogP contribution in [0.3, 0.4) is 0 Å². The van der Waals surface area contributed by atoms with Crippen LogP contribution in [0, 0.1) is 6.92 Å². The van der Waals surface area contributed by atoms with Gasteiger partial charge in [0.05, 0.1) is 6.26 Å². The smallest absolute Gasteiger partial charge is 0.336 e. The number of fused-ring (bicyclic) bond motifs is 2. The minimum atomic E-state index is -0.334. The van der Waals surface area contributed by atoms with Crippen molar-refractivity contribution in [2.24, 2.45) is 0 Å². The zero-order valence-electron chi connectivity index (χ0n) is 11.8. The number of benzene rings is 1. The minimum absolute atomic E-state index is 0.334. The van der Waals surface area contributed by atoms with E-state index in [1.165, 1.54) is 11.6 Å². The fourth-order valence-electron chi connectivity index (χ4n) is 2.54. The second kappa shape index (κ2) is 4.67. The summed E-state index contributed by atoms with van der Waals surface area (Å²) < 4.78 is 10.9. The zero-order valence-corrected chi connectivity index (χ0v) is 11.8. The maximum Gasteiger partial charge on any atom is 0.336 e. The van der Waals surface area contributed by atoms with Gasteiger partial charge in [-0.1, -0.05) is 11.6 Å². The molecule has 0 atom stereocenters. The number of allylic oxidation sites excluding steroid dienone is 2. The van der Waals surface area contributed by atoms with Gasteiger partial charge in [0.15, 0.2) is 0 Å². The van der Waals surface area contributed by atoms with Gasteiger partial charge in [0.1, 0.15) is 11.2 Å². The lowest BCUT2D eigenvalue weighted by Gasteiger charge is -2.08. The van der Waals surface area contributed by atoms with Crippen molar-refractivity contribution in [1.82, 2.24) is 0 Å². The minimum Gasteiger partial charge on any atom is -0.464 e.